The molecule has 2 saturated heterocycles. The topological polar surface area (TPSA) is 78.5 Å². The van der Waals surface area contributed by atoms with Crippen LogP contribution in [-0.2, 0) is 22.5 Å². The van der Waals surface area contributed by atoms with Crippen molar-refractivity contribution < 1.29 is 9.53 Å². The first-order valence-electron chi connectivity index (χ1n) is 10.4. The minimum atomic E-state index is -0.0513. The van der Waals surface area contributed by atoms with Crippen molar-refractivity contribution in [3.05, 3.63) is 27.4 Å². The Morgan fingerprint density at radius 1 is 1.11 bits per heavy atom. The summed E-state index contributed by atoms with van der Waals surface area (Å²) < 4.78 is 5.47. The Kier molecular flexibility index (Phi) is 4.52. The van der Waals surface area contributed by atoms with Crippen LogP contribution in [0.1, 0.15) is 61.6 Å². The SMILES string of the molecule is O=C(C1CC1)N1CCC[C@H]1c1nc2c(c(=O)[nH]1)CN(C1CCOCC1)CC2. The van der Waals surface area contributed by atoms with E-state index in [1.165, 1.54) is 0 Å². The molecule has 5 rings (SSSR count). The zero-order valence-corrected chi connectivity index (χ0v) is 15.8. The summed E-state index contributed by atoms with van der Waals surface area (Å²) in [5.74, 6) is 1.16. The summed E-state index contributed by atoms with van der Waals surface area (Å²) in [5.41, 5.74) is 1.73. The molecule has 4 aliphatic rings. The van der Waals surface area contributed by atoms with Crippen LogP contribution in [0.3, 0.4) is 0 Å². The number of carbonyl (C=O) groups is 1. The van der Waals surface area contributed by atoms with Crippen LogP contribution < -0.4 is 5.56 Å². The van der Waals surface area contributed by atoms with Gasteiger partial charge in [0.2, 0.25) is 5.91 Å². The van der Waals surface area contributed by atoms with E-state index in [9.17, 15) is 9.59 Å². The highest BCUT2D eigenvalue weighted by atomic mass is 16.5. The van der Waals surface area contributed by atoms with Crippen LogP contribution in [0.4, 0.5) is 0 Å². The first-order chi connectivity index (χ1) is 13.2. The normalized spacial score (nSPS) is 27.0. The van der Waals surface area contributed by atoms with E-state index in [4.69, 9.17) is 9.72 Å². The molecule has 3 aliphatic heterocycles. The van der Waals surface area contributed by atoms with Crippen LogP contribution in [0.5, 0.6) is 0 Å². The monoisotopic (exact) mass is 372 g/mol. The lowest BCUT2D eigenvalue weighted by Gasteiger charge is -2.37. The second kappa shape index (κ2) is 7.02. The quantitative estimate of drug-likeness (QED) is 0.867. The molecule has 7 nitrogen and oxygen atoms in total. The third-order valence-electron chi connectivity index (χ3n) is 6.60. The molecule has 0 bridgehead atoms. The summed E-state index contributed by atoms with van der Waals surface area (Å²) in [6, 6.07) is 0.456. The van der Waals surface area contributed by atoms with Gasteiger partial charge in [-0.05, 0) is 38.5 Å². The number of hydrogen-bond acceptors (Lipinski definition) is 5. The Bertz CT molecular complexity index is 782. The number of carbonyl (C=O) groups excluding carboxylic acids is 1. The van der Waals surface area contributed by atoms with Crippen LogP contribution in [0.2, 0.25) is 0 Å². The van der Waals surface area contributed by atoms with Gasteiger partial charge < -0.3 is 14.6 Å². The molecule has 3 fully saturated rings. The number of likely N-dealkylation sites (tertiary alicyclic amines) is 1. The van der Waals surface area contributed by atoms with Gasteiger partial charge in [-0.2, -0.15) is 0 Å². The number of nitrogens with zero attached hydrogens (tertiary/aromatic N) is 3. The van der Waals surface area contributed by atoms with Gasteiger partial charge in [0, 0.05) is 51.2 Å². The Morgan fingerprint density at radius 2 is 1.93 bits per heavy atom. The van der Waals surface area contributed by atoms with E-state index in [1.54, 1.807) is 0 Å². The Balaban J connectivity index is 1.37. The van der Waals surface area contributed by atoms with Gasteiger partial charge in [0.05, 0.1) is 17.3 Å². The van der Waals surface area contributed by atoms with E-state index in [0.29, 0.717) is 18.4 Å². The van der Waals surface area contributed by atoms with Gasteiger partial charge in [-0.1, -0.05) is 0 Å². The van der Waals surface area contributed by atoms with Crippen molar-refractivity contribution in [2.75, 3.05) is 26.3 Å². The maximum Gasteiger partial charge on any atom is 0.255 e. The molecule has 0 spiro atoms. The average molecular weight is 372 g/mol. The number of ether oxygens (including phenoxy) is 1. The lowest BCUT2D eigenvalue weighted by Crippen LogP contribution is -2.44. The maximum atomic E-state index is 12.8. The van der Waals surface area contributed by atoms with Crippen LogP contribution >= 0.6 is 0 Å². The molecular formula is C20H28N4O3. The van der Waals surface area contributed by atoms with Gasteiger partial charge >= 0.3 is 0 Å². The predicted molar refractivity (Wildman–Crippen MR) is 99.2 cm³/mol. The minimum absolute atomic E-state index is 0.0162. The molecule has 1 saturated carbocycles. The molecule has 1 amide bonds. The molecule has 146 valence electrons. The van der Waals surface area contributed by atoms with Crippen molar-refractivity contribution in [1.82, 2.24) is 19.8 Å². The van der Waals surface area contributed by atoms with Crippen molar-refractivity contribution in [3.63, 3.8) is 0 Å². The second-order valence-electron chi connectivity index (χ2n) is 8.40. The first-order valence-corrected chi connectivity index (χ1v) is 10.4. The van der Waals surface area contributed by atoms with Gasteiger partial charge in [-0.3, -0.25) is 14.5 Å². The number of hydrogen-bond donors (Lipinski definition) is 1. The molecule has 4 heterocycles. The fourth-order valence-electron chi connectivity index (χ4n) is 4.86. The summed E-state index contributed by atoms with van der Waals surface area (Å²) in [5, 5.41) is 0. The number of H-pyrrole nitrogens is 1. The highest BCUT2D eigenvalue weighted by molar-refractivity contribution is 5.81. The molecule has 1 N–H and O–H groups in total. The maximum absolute atomic E-state index is 12.8. The van der Waals surface area contributed by atoms with E-state index in [-0.39, 0.29) is 23.4 Å². The lowest BCUT2D eigenvalue weighted by atomic mass is 10.0. The van der Waals surface area contributed by atoms with Gasteiger partial charge in [0.1, 0.15) is 5.82 Å². The van der Waals surface area contributed by atoms with E-state index in [1.807, 2.05) is 4.90 Å². The van der Waals surface area contributed by atoms with E-state index >= 15 is 0 Å². The van der Waals surface area contributed by atoms with Crippen molar-refractivity contribution in [2.45, 2.75) is 63.6 Å². The van der Waals surface area contributed by atoms with Crippen LogP contribution in [0.25, 0.3) is 0 Å². The Hall–Kier alpha value is -1.73. The highest BCUT2D eigenvalue weighted by Crippen LogP contribution is 2.37. The summed E-state index contributed by atoms with van der Waals surface area (Å²) in [4.78, 5) is 37.7. The molecule has 1 aliphatic carbocycles. The molecule has 27 heavy (non-hydrogen) atoms. The first kappa shape index (κ1) is 17.4. The molecule has 1 aromatic heterocycles. The predicted octanol–water partition coefficient (Wildman–Crippen LogP) is 1.38. The smallest absolute Gasteiger partial charge is 0.255 e. The largest absolute Gasteiger partial charge is 0.381 e. The fraction of sp³-hybridized carbons (Fsp3) is 0.750. The standard InChI is InChI=1S/C20H28N4O3/c25-19-15-12-23(14-6-10-27-11-7-14)9-5-16(15)21-18(22-19)17-2-1-8-24(17)20(26)13-3-4-13/h13-14,17H,1-12H2,(H,21,22,25)/t17-/m0/s1. The number of amides is 1. The van der Waals surface area contributed by atoms with Crippen molar-refractivity contribution in [2.24, 2.45) is 5.92 Å². The molecule has 0 radical (unpaired) electrons. The molecule has 7 heteroatoms. The fourth-order valence-corrected chi connectivity index (χ4v) is 4.86. The van der Waals surface area contributed by atoms with Crippen molar-refractivity contribution in [1.29, 1.82) is 0 Å². The van der Waals surface area contributed by atoms with Crippen LogP contribution in [0, 0.1) is 5.92 Å². The second-order valence-corrected chi connectivity index (χ2v) is 8.40. The molecule has 1 atom stereocenters. The number of aromatic nitrogens is 2. The summed E-state index contributed by atoms with van der Waals surface area (Å²) in [7, 11) is 0. The molecular weight excluding hydrogens is 344 g/mol. The third-order valence-corrected chi connectivity index (χ3v) is 6.60. The Morgan fingerprint density at radius 3 is 2.70 bits per heavy atom. The summed E-state index contributed by atoms with van der Waals surface area (Å²) in [6.07, 6.45) is 6.80. The Labute approximate surface area is 159 Å². The molecule has 0 aromatic carbocycles. The van der Waals surface area contributed by atoms with Gasteiger partial charge in [0.15, 0.2) is 0 Å². The lowest BCUT2D eigenvalue weighted by molar-refractivity contribution is -0.133. The van der Waals surface area contributed by atoms with Crippen molar-refractivity contribution >= 4 is 5.91 Å². The van der Waals surface area contributed by atoms with E-state index in [0.717, 1.165) is 82.5 Å². The number of fused-ring (bicyclic) bond motifs is 1. The van der Waals surface area contributed by atoms with Crippen LogP contribution in [-0.4, -0.2) is 58.0 Å². The number of nitrogens with one attached hydrogen (secondary N) is 1. The van der Waals surface area contributed by atoms with Gasteiger partial charge in [-0.15, -0.1) is 0 Å². The molecule has 1 aromatic rings. The zero-order valence-electron chi connectivity index (χ0n) is 15.8. The van der Waals surface area contributed by atoms with Crippen molar-refractivity contribution in [3.8, 4) is 0 Å². The summed E-state index contributed by atoms with van der Waals surface area (Å²) >= 11 is 0. The van der Waals surface area contributed by atoms with Gasteiger partial charge in [-0.25, -0.2) is 4.98 Å². The van der Waals surface area contributed by atoms with Gasteiger partial charge in [0.25, 0.3) is 5.56 Å². The number of aromatic amines is 1. The van der Waals surface area contributed by atoms with Crippen LogP contribution in [0.15, 0.2) is 4.79 Å². The van der Waals surface area contributed by atoms with E-state index in [2.05, 4.69) is 9.88 Å². The minimum Gasteiger partial charge on any atom is -0.381 e. The number of rotatable bonds is 3. The molecule has 0 unspecified atom stereocenters. The average Bonchev–Trinajstić information content (AvgIpc) is 3.44. The summed E-state index contributed by atoms with van der Waals surface area (Å²) in [6.45, 7) is 4.04. The van der Waals surface area contributed by atoms with E-state index < -0.39 is 0 Å². The highest BCUT2D eigenvalue weighted by Gasteiger charge is 2.40. The zero-order chi connectivity index (χ0) is 18.4. The third kappa shape index (κ3) is 3.31.